The summed E-state index contributed by atoms with van der Waals surface area (Å²) in [7, 11) is -4.52. The van der Waals surface area contributed by atoms with Crippen molar-refractivity contribution in [2.24, 2.45) is 0 Å². The van der Waals surface area contributed by atoms with Gasteiger partial charge >= 0.3 is 10.1 Å². The van der Waals surface area contributed by atoms with Crippen molar-refractivity contribution >= 4 is 61.8 Å². The van der Waals surface area contributed by atoms with Crippen molar-refractivity contribution < 1.29 is 22.3 Å². The normalized spacial score (nSPS) is 15.2. The highest BCUT2D eigenvalue weighted by Crippen LogP contribution is 2.37. The Morgan fingerprint density at radius 1 is 0.970 bits per heavy atom. The molecule has 1 amide bonds. The van der Waals surface area contributed by atoms with Crippen LogP contribution >= 0.6 is 24.0 Å². The fourth-order valence-corrected chi connectivity index (χ4v) is 5.48. The molecule has 4 rings (SSSR count). The fourth-order valence-electron chi connectivity index (χ4n) is 3.07. The third-order valence-corrected chi connectivity index (χ3v) is 7.13. The summed E-state index contributed by atoms with van der Waals surface area (Å²) in [5.74, 6) is -0.437. The van der Waals surface area contributed by atoms with Crippen LogP contribution in [0.15, 0.2) is 88.7 Å². The smallest absolute Gasteiger partial charge is 0.346 e. The van der Waals surface area contributed by atoms with Crippen LogP contribution in [0.2, 0.25) is 0 Å². The Balaban J connectivity index is 1.68. The number of hydrogen-bond acceptors (Lipinski definition) is 8. The van der Waals surface area contributed by atoms with Gasteiger partial charge in [0.05, 0.1) is 15.5 Å². The van der Waals surface area contributed by atoms with E-state index in [0.29, 0.717) is 15.6 Å². The first-order valence-electron chi connectivity index (χ1n) is 9.38. The first kappa shape index (κ1) is 22.6. The number of amides is 1. The molecule has 11 heteroatoms. The maximum atomic E-state index is 13.0. The van der Waals surface area contributed by atoms with Crippen molar-refractivity contribution in [1.29, 1.82) is 0 Å². The first-order chi connectivity index (χ1) is 15.8. The Morgan fingerprint density at radius 3 is 2.33 bits per heavy atom. The van der Waals surface area contributed by atoms with Crippen LogP contribution in [-0.2, 0) is 14.9 Å². The summed E-state index contributed by atoms with van der Waals surface area (Å²) < 4.78 is 31.2. The molecule has 3 aromatic rings. The molecule has 1 fully saturated rings. The van der Waals surface area contributed by atoms with E-state index >= 15 is 0 Å². The fraction of sp³-hybridized carbons (Fsp3) is 0. The number of nitro groups is 1. The van der Waals surface area contributed by atoms with Crippen molar-refractivity contribution in [2.45, 2.75) is 4.90 Å². The Hall–Kier alpha value is -3.54. The van der Waals surface area contributed by atoms with Gasteiger partial charge in [-0.25, -0.2) is 0 Å². The van der Waals surface area contributed by atoms with E-state index < -0.39 is 25.6 Å². The lowest BCUT2D eigenvalue weighted by molar-refractivity contribution is -0.387. The maximum absolute atomic E-state index is 13.0. The summed E-state index contributed by atoms with van der Waals surface area (Å²) in [6.45, 7) is 0. The van der Waals surface area contributed by atoms with Crippen LogP contribution in [0.25, 0.3) is 6.08 Å². The van der Waals surface area contributed by atoms with Crippen molar-refractivity contribution in [2.75, 3.05) is 4.90 Å². The van der Waals surface area contributed by atoms with E-state index in [1.165, 1.54) is 29.2 Å². The summed E-state index contributed by atoms with van der Waals surface area (Å²) in [6.07, 6.45) is 1.48. The Morgan fingerprint density at radius 2 is 1.61 bits per heavy atom. The third-order valence-electron chi connectivity index (χ3n) is 4.54. The van der Waals surface area contributed by atoms with E-state index in [1.807, 2.05) is 6.07 Å². The maximum Gasteiger partial charge on any atom is 0.346 e. The highest BCUT2D eigenvalue weighted by atomic mass is 32.2. The molecule has 8 nitrogen and oxygen atoms in total. The van der Waals surface area contributed by atoms with Crippen LogP contribution in [0.4, 0.5) is 11.4 Å². The summed E-state index contributed by atoms with van der Waals surface area (Å²) in [5.41, 5.74) is 0.318. The van der Waals surface area contributed by atoms with Crippen LogP contribution in [0.1, 0.15) is 5.56 Å². The molecule has 0 atom stereocenters. The minimum absolute atomic E-state index is 0.0827. The standard InChI is InChI=1S/C22H14N2O6S3/c25-21-19(32-22(31)23(21)16-9-2-1-3-10-16)14-15-8-4-6-12-18(15)30-33(28,29)20-13-7-5-11-17(20)24(26)27/h1-14H/b19-14-. The summed E-state index contributed by atoms with van der Waals surface area (Å²) >= 11 is 6.43. The predicted molar refractivity (Wildman–Crippen MR) is 129 cm³/mol. The first-order valence-corrected chi connectivity index (χ1v) is 12.0. The SMILES string of the molecule is O=C1/C(=C/c2ccccc2OS(=O)(=O)c2ccccc2[N+](=O)[O-])SC(=S)N1c1ccccc1. The molecule has 166 valence electrons. The molecule has 0 unspecified atom stereocenters. The molecule has 0 saturated carbocycles. The van der Waals surface area contributed by atoms with Crippen molar-refractivity contribution in [3.8, 4) is 5.75 Å². The second kappa shape index (κ2) is 9.14. The van der Waals surface area contributed by atoms with Crippen LogP contribution in [0.5, 0.6) is 5.75 Å². The lowest BCUT2D eigenvalue weighted by Gasteiger charge is -2.14. The van der Waals surface area contributed by atoms with E-state index in [1.54, 1.807) is 42.5 Å². The molecule has 1 saturated heterocycles. The topological polar surface area (TPSA) is 107 Å². The van der Waals surface area contributed by atoms with Crippen LogP contribution in [0.3, 0.4) is 0 Å². The number of carbonyl (C=O) groups excluding carboxylic acids is 1. The molecule has 1 heterocycles. The van der Waals surface area contributed by atoms with Gasteiger partial charge in [0.2, 0.25) is 0 Å². The lowest BCUT2D eigenvalue weighted by atomic mass is 10.2. The Kier molecular flexibility index (Phi) is 6.27. The number of para-hydroxylation sites is 3. The van der Waals surface area contributed by atoms with Crippen LogP contribution < -0.4 is 9.08 Å². The number of thiocarbonyl (C=S) groups is 1. The van der Waals surface area contributed by atoms with Gasteiger partial charge in [-0.3, -0.25) is 19.8 Å². The van der Waals surface area contributed by atoms with Gasteiger partial charge in [-0.2, -0.15) is 8.42 Å². The molecule has 0 spiro atoms. The molecule has 1 aliphatic heterocycles. The van der Waals surface area contributed by atoms with Crippen LogP contribution in [-0.4, -0.2) is 23.6 Å². The van der Waals surface area contributed by atoms with E-state index in [4.69, 9.17) is 16.4 Å². The monoisotopic (exact) mass is 498 g/mol. The zero-order chi connectivity index (χ0) is 23.6. The predicted octanol–water partition coefficient (Wildman–Crippen LogP) is 4.77. The minimum Gasteiger partial charge on any atom is -0.378 e. The number of thioether (sulfide) groups is 1. The highest BCUT2D eigenvalue weighted by Gasteiger charge is 2.34. The molecular weight excluding hydrogens is 484 g/mol. The number of hydrogen-bond donors (Lipinski definition) is 0. The average Bonchev–Trinajstić information content (AvgIpc) is 3.08. The van der Waals surface area contributed by atoms with E-state index in [0.717, 1.165) is 23.9 Å². The number of nitrogens with zero attached hydrogens (tertiary/aromatic N) is 2. The Labute approximate surface area is 198 Å². The van der Waals surface area contributed by atoms with Crippen LogP contribution in [0, 0.1) is 10.1 Å². The van der Waals surface area contributed by atoms with E-state index in [2.05, 4.69) is 0 Å². The molecular formula is C22H14N2O6S3. The van der Waals surface area contributed by atoms with Gasteiger partial charge in [-0.1, -0.05) is 72.5 Å². The van der Waals surface area contributed by atoms with Gasteiger partial charge in [0, 0.05) is 11.6 Å². The second-order valence-corrected chi connectivity index (χ2v) is 9.84. The zero-order valence-electron chi connectivity index (χ0n) is 16.7. The largest absolute Gasteiger partial charge is 0.378 e. The van der Waals surface area contributed by atoms with Crippen molar-refractivity contribution in [1.82, 2.24) is 0 Å². The molecule has 0 aromatic heterocycles. The number of benzene rings is 3. The van der Waals surface area contributed by atoms with Gasteiger partial charge in [-0.15, -0.1) is 0 Å². The number of nitro benzene ring substituents is 1. The highest BCUT2D eigenvalue weighted by molar-refractivity contribution is 8.27. The molecule has 1 aliphatic rings. The summed E-state index contributed by atoms with van der Waals surface area (Å²) in [4.78, 5) is 24.5. The summed E-state index contributed by atoms with van der Waals surface area (Å²) in [6, 6.07) is 20.0. The summed E-state index contributed by atoms with van der Waals surface area (Å²) in [5, 5.41) is 11.3. The Bertz CT molecular complexity index is 1400. The number of rotatable bonds is 6. The zero-order valence-corrected chi connectivity index (χ0v) is 19.1. The molecule has 33 heavy (non-hydrogen) atoms. The van der Waals surface area contributed by atoms with E-state index in [9.17, 15) is 23.3 Å². The van der Waals surface area contributed by atoms with E-state index in [-0.39, 0.29) is 16.6 Å². The van der Waals surface area contributed by atoms with Gasteiger partial charge < -0.3 is 4.18 Å². The van der Waals surface area contributed by atoms with Gasteiger partial charge in [0.25, 0.3) is 11.6 Å². The third kappa shape index (κ3) is 4.65. The molecule has 0 N–H and O–H groups in total. The second-order valence-electron chi connectivity index (χ2n) is 6.65. The van der Waals surface area contributed by atoms with Crippen molar-refractivity contribution in [3.05, 3.63) is 99.4 Å². The lowest BCUT2D eigenvalue weighted by Crippen LogP contribution is -2.27. The number of anilines is 1. The van der Waals surface area contributed by atoms with Gasteiger partial charge in [0.1, 0.15) is 5.75 Å². The number of carbonyl (C=O) groups is 1. The molecule has 0 radical (unpaired) electrons. The quantitative estimate of drug-likeness (QED) is 0.157. The van der Waals surface area contributed by atoms with Crippen molar-refractivity contribution in [3.63, 3.8) is 0 Å². The van der Waals surface area contributed by atoms with Gasteiger partial charge in [0.15, 0.2) is 9.22 Å². The minimum atomic E-state index is -4.52. The molecule has 3 aromatic carbocycles. The molecule has 0 aliphatic carbocycles. The van der Waals surface area contributed by atoms with Gasteiger partial charge in [-0.05, 0) is 30.3 Å². The molecule has 0 bridgehead atoms. The average molecular weight is 499 g/mol.